The third-order valence-corrected chi connectivity index (χ3v) is 1.82. The van der Waals surface area contributed by atoms with Gasteiger partial charge in [-0.2, -0.15) is 0 Å². The molecule has 58 valence electrons. The van der Waals surface area contributed by atoms with Gasteiger partial charge in [0.15, 0.2) is 0 Å². The van der Waals surface area contributed by atoms with Crippen molar-refractivity contribution in [2.24, 2.45) is 0 Å². The van der Waals surface area contributed by atoms with Crippen molar-refractivity contribution >= 4 is 0 Å². The summed E-state index contributed by atoms with van der Waals surface area (Å²) < 4.78 is 5.30. The first-order valence-corrected chi connectivity index (χ1v) is 3.77. The van der Waals surface area contributed by atoms with Crippen molar-refractivity contribution in [1.29, 1.82) is 0 Å². The van der Waals surface area contributed by atoms with E-state index >= 15 is 0 Å². The Morgan fingerprint density at radius 2 is 2.30 bits per heavy atom. The van der Waals surface area contributed by atoms with E-state index in [2.05, 4.69) is 6.58 Å². The minimum Gasteiger partial charge on any atom is -0.390 e. The molecule has 2 atom stereocenters. The number of hydrogen-bond donors (Lipinski definition) is 1. The van der Waals surface area contributed by atoms with E-state index in [1.54, 1.807) is 6.08 Å². The van der Waals surface area contributed by atoms with Gasteiger partial charge in [-0.1, -0.05) is 6.08 Å². The maximum absolute atomic E-state index is 9.35. The molecule has 0 bridgehead atoms. The van der Waals surface area contributed by atoms with Crippen LogP contribution in [-0.4, -0.2) is 23.9 Å². The first-order valence-electron chi connectivity index (χ1n) is 3.77. The average molecular weight is 142 g/mol. The Balaban J connectivity index is 2.43. The summed E-state index contributed by atoms with van der Waals surface area (Å²) in [7, 11) is 0. The molecule has 2 nitrogen and oxygen atoms in total. The van der Waals surface area contributed by atoms with Gasteiger partial charge >= 0.3 is 0 Å². The van der Waals surface area contributed by atoms with Crippen LogP contribution in [0.2, 0.25) is 0 Å². The third-order valence-electron chi connectivity index (χ3n) is 1.82. The zero-order valence-electron chi connectivity index (χ0n) is 6.12. The van der Waals surface area contributed by atoms with Crippen molar-refractivity contribution in [3.8, 4) is 0 Å². The maximum Gasteiger partial charge on any atom is 0.101 e. The Bertz CT molecular complexity index is 112. The Kier molecular flexibility index (Phi) is 2.90. The molecule has 0 aliphatic carbocycles. The molecular formula is C8H14O2. The quantitative estimate of drug-likeness (QED) is 0.555. The van der Waals surface area contributed by atoms with Crippen LogP contribution in [0, 0.1) is 0 Å². The number of ether oxygens (including phenoxy) is 1. The lowest BCUT2D eigenvalue weighted by atomic mass is 10.1. The van der Waals surface area contributed by atoms with Crippen LogP contribution in [0.5, 0.6) is 0 Å². The summed E-state index contributed by atoms with van der Waals surface area (Å²) in [5.74, 6) is 0. The molecule has 0 aromatic rings. The Morgan fingerprint density at radius 1 is 1.50 bits per heavy atom. The van der Waals surface area contributed by atoms with E-state index in [1.807, 2.05) is 0 Å². The maximum atomic E-state index is 9.35. The molecule has 0 spiro atoms. The minimum atomic E-state index is -0.333. The molecule has 1 aliphatic rings. The van der Waals surface area contributed by atoms with E-state index in [4.69, 9.17) is 4.74 Å². The molecule has 0 amide bonds. The number of aliphatic hydroxyl groups excluding tert-OH is 1. The van der Waals surface area contributed by atoms with Gasteiger partial charge in [-0.15, -0.1) is 6.58 Å². The summed E-state index contributed by atoms with van der Waals surface area (Å²) in [5, 5.41) is 9.35. The van der Waals surface area contributed by atoms with Gasteiger partial charge in [-0.3, -0.25) is 0 Å². The van der Waals surface area contributed by atoms with Gasteiger partial charge in [0.2, 0.25) is 0 Å². The number of hydrogen-bond acceptors (Lipinski definition) is 2. The molecule has 1 N–H and O–H groups in total. The zero-order valence-corrected chi connectivity index (χ0v) is 6.12. The van der Waals surface area contributed by atoms with Crippen molar-refractivity contribution in [2.45, 2.75) is 31.5 Å². The first-order chi connectivity index (χ1) is 4.84. The molecule has 1 rings (SSSR count). The van der Waals surface area contributed by atoms with E-state index in [0.717, 1.165) is 25.9 Å². The third kappa shape index (κ3) is 1.82. The molecule has 1 fully saturated rings. The van der Waals surface area contributed by atoms with Crippen LogP contribution in [0.4, 0.5) is 0 Å². The van der Waals surface area contributed by atoms with Gasteiger partial charge in [0.25, 0.3) is 0 Å². The molecule has 2 heteroatoms. The summed E-state index contributed by atoms with van der Waals surface area (Å²) in [6.07, 6.45) is 4.17. The largest absolute Gasteiger partial charge is 0.390 e. The van der Waals surface area contributed by atoms with Gasteiger partial charge in [0, 0.05) is 6.61 Å². The van der Waals surface area contributed by atoms with Crippen LogP contribution in [0.15, 0.2) is 12.7 Å². The molecule has 0 aromatic heterocycles. The first kappa shape index (κ1) is 7.76. The monoisotopic (exact) mass is 142 g/mol. The van der Waals surface area contributed by atoms with E-state index in [9.17, 15) is 5.11 Å². The highest BCUT2D eigenvalue weighted by Crippen LogP contribution is 2.14. The van der Waals surface area contributed by atoms with Crippen LogP contribution in [0.3, 0.4) is 0 Å². The van der Waals surface area contributed by atoms with E-state index in [0.29, 0.717) is 0 Å². The fourth-order valence-electron chi connectivity index (χ4n) is 1.18. The number of rotatable bonds is 1. The van der Waals surface area contributed by atoms with Crippen LogP contribution in [0.1, 0.15) is 19.3 Å². The Hall–Kier alpha value is -0.340. The normalized spacial score (nSPS) is 34.9. The molecule has 1 aliphatic heterocycles. The minimum absolute atomic E-state index is 0.137. The fourth-order valence-corrected chi connectivity index (χ4v) is 1.18. The highest BCUT2D eigenvalue weighted by atomic mass is 16.5. The summed E-state index contributed by atoms with van der Waals surface area (Å²) in [6, 6.07) is 0. The fraction of sp³-hybridized carbons (Fsp3) is 0.750. The average Bonchev–Trinajstić information content (AvgIpc) is 2.13. The smallest absolute Gasteiger partial charge is 0.101 e. The lowest BCUT2D eigenvalue weighted by Gasteiger charge is -2.15. The van der Waals surface area contributed by atoms with Crippen molar-refractivity contribution in [3.63, 3.8) is 0 Å². The van der Waals surface area contributed by atoms with Crippen molar-refractivity contribution in [2.75, 3.05) is 6.61 Å². The second kappa shape index (κ2) is 3.74. The highest BCUT2D eigenvalue weighted by Gasteiger charge is 2.18. The number of aliphatic hydroxyl groups is 1. The Morgan fingerprint density at radius 3 is 3.00 bits per heavy atom. The van der Waals surface area contributed by atoms with Gasteiger partial charge in [-0.05, 0) is 19.3 Å². The molecular weight excluding hydrogens is 128 g/mol. The molecule has 1 saturated heterocycles. The topological polar surface area (TPSA) is 29.5 Å². The molecule has 1 heterocycles. The van der Waals surface area contributed by atoms with E-state index < -0.39 is 0 Å². The predicted octanol–water partition coefficient (Wildman–Crippen LogP) is 1.10. The second-order valence-corrected chi connectivity index (χ2v) is 2.63. The second-order valence-electron chi connectivity index (χ2n) is 2.63. The van der Waals surface area contributed by atoms with Gasteiger partial charge in [-0.25, -0.2) is 0 Å². The van der Waals surface area contributed by atoms with Crippen LogP contribution >= 0.6 is 0 Å². The predicted molar refractivity (Wildman–Crippen MR) is 39.8 cm³/mol. The summed E-state index contributed by atoms with van der Waals surface area (Å²) in [6.45, 7) is 4.35. The van der Waals surface area contributed by atoms with Crippen LogP contribution in [0.25, 0.3) is 0 Å². The van der Waals surface area contributed by atoms with Crippen molar-refractivity contribution in [1.82, 2.24) is 0 Å². The van der Waals surface area contributed by atoms with E-state index in [-0.39, 0.29) is 12.2 Å². The Labute approximate surface area is 61.5 Å². The molecule has 0 radical (unpaired) electrons. The van der Waals surface area contributed by atoms with Gasteiger partial charge in [0.05, 0.1) is 6.10 Å². The molecule has 0 unspecified atom stereocenters. The van der Waals surface area contributed by atoms with E-state index in [1.165, 1.54) is 0 Å². The lowest BCUT2D eigenvalue weighted by Crippen LogP contribution is -2.24. The highest BCUT2D eigenvalue weighted by molar-refractivity contribution is 4.87. The SMILES string of the molecule is C=C[C@@H]1OCCCC[C@@H]1O. The zero-order chi connectivity index (χ0) is 7.40. The summed E-state index contributed by atoms with van der Waals surface area (Å²) in [5.41, 5.74) is 0. The van der Waals surface area contributed by atoms with Crippen molar-refractivity contribution in [3.05, 3.63) is 12.7 Å². The summed E-state index contributed by atoms with van der Waals surface area (Å²) in [4.78, 5) is 0. The molecule has 0 aromatic carbocycles. The standard InChI is InChI=1S/C8H14O2/c1-2-8-7(9)5-3-4-6-10-8/h2,7-9H,1,3-6H2/t7-,8-/m0/s1. The van der Waals surface area contributed by atoms with Crippen LogP contribution < -0.4 is 0 Å². The lowest BCUT2D eigenvalue weighted by molar-refractivity contribution is 0.00365. The van der Waals surface area contributed by atoms with Gasteiger partial charge in [0.1, 0.15) is 6.10 Å². The van der Waals surface area contributed by atoms with Crippen molar-refractivity contribution < 1.29 is 9.84 Å². The van der Waals surface area contributed by atoms with Gasteiger partial charge < -0.3 is 9.84 Å². The molecule has 10 heavy (non-hydrogen) atoms. The molecule has 0 saturated carbocycles. The summed E-state index contributed by atoms with van der Waals surface area (Å²) >= 11 is 0. The van der Waals surface area contributed by atoms with Crippen LogP contribution in [-0.2, 0) is 4.74 Å².